The van der Waals surface area contributed by atoms with Crippen LogP contribution in [0.25, 0.3) is 11.2 Å². The van der Waals surface area contributed by atoms with Gasteiger partial charge in [0.15, 0.2) is 5.52 Å². The molecule has 1 fully saturated rings. The van der Waals surface area contributed by atoms with Gasteiger partial charge in [-0.05, 0) is 25.7 Å². The fraction of sp³-hybridized carbons (Fsp3) is 0.583. The van der Waals surface area contributed by atoms with Crippen molar-refractivity contribution in [2.45, 2.75) is 37.8 Å². The molecule has 4 bridgehead atoms. The van der Waals surface area contributed by atoms with Gasteiger partial charge in [-0.3, -0.25) is 23.5 Å². The maximum absolute atomic E-state index is 12.4. The second kappa shape index (κ2) is 3.09. The Bertz CT molecular complexity index is 875. The number of imidazole rings is 1. The number of nitrogens with zero attached hydrogens (tertiary/aromatic N) is 3. The summed E-state index contributed by atoms with van der Waals surface area (Å²) in [7, 11) is 1.47. The first-order valence-corrected chi connectivity index (χ1v) is 6.50. The zero-order chi connectivity index (χ0) is 13.4. The summed E-state index contributed by atoms with van der Waals surface area (Å²) in [5.41, 5.74) is -0.480. The van der Waals surface area contributed by atoms with Crippen molar-refractivity contribution in [3.8, 4) is 0 Å². The quantitative estimate of drug-likeness (QED) is 0.693. The SMILES string of the molecule is Cn1c(=O)c2c3[nH]c(=O)n2CCCC2(CC2)n3c1=O. The molecule has 0 unspecified atom stereocenters. The molecular weight excluding hydrogens is 248 g/mol. The van der Waals surface area contributed by atoms with E-state index < -0.39 is 5.56 Å². The molecule has 0 radical (unpaired) electrons. The highest BCUT2D eigenvalue weighted by atomic mass is 16.2. The summed E-state index contributed by atoms with van der Waals surface area (Å²) < 4.78 is 4.21. The molecule has 0 atom stereocenters. The van der Waals surface area contributed by atoms with Crippen molar-refractivity contribution in [2.24, 2.45) is 7.05 Å². The number of aromatic amines is 1. The van der Waals surface area contributed by atoms with Gasteiger partial charge in [-0.15, -0.1) is 0 Å². The van der Waals surface area contributed by atoms with Crippen LogP contribution < -0.4 is 16.9 Å². The van der Waals surface area contributed by atoms with Gasteiger partial charge < -0.3 is 0 Å². The van der Waals surface area contributed by atoms with Crippen molar-refractivity contribution in [1.82, 2.24) is 18.7 Å². The molecule has 7 heteroatoms. The number of aryl methyl sites for hydroxylation is 1. The van der Waals surface area contributed by atoms with Gasteiger partial charge in [0.25, 0.3) is 5.56 Å². The van der Waals surface area contributed by atoms with Crippen LogP contribution in [-0.2, 0) is 19.1 Å². The van der Waals surface area contributed by atoms with Crippen LogP contribution in [0.2, 0.25) is 0 Å². The lowest BCUT2D eigenvalue weighted by Gasteiger charge is -2.22. The Hall–Kier alpha value is -2.05. The Labute approximate surface area is 107 Å². The highest BCUT2D eigenvalue weighted by Gasteiger charge is 2.47. The van der Waals surface area contributed by atoms with Crippen molar-refractivity contribution >= 4 is 11.2 Å². The van der Waals surface area contributed by atoms with Crippen molar-refractivity contribution in [1.29, 1.82) is 0 Å². The van der Waals surface area contributed by atoms with E-state index in [0.29, 0.717) is 17.7 Å². The van der Waals surface area contributed by atoms with Gasteiger partial charge in [0.05, 0.1) is 5.54 Å². The second-order valence-electron chi connectivity index (χ2n) is 5.59. The number of H-pyrrole nitrogens is 1. The van der Waals surface area contributed by atoms with Crippen LogP contribution in [0.4, 0.5) is 0 Å². The Morgan fingerprint density at radius 1 is 1.16 bits per heavy atom. The molecule has 100 valence electrons. The lowest BCUT2D eigenvalue weighted by Crippen LogP contribution is -2.43. The minimum Gasteiger partial charge on any atom is -0.291 e. The summed E-state index contributed by atoms with van der Waals surface area (Å²) in [6, 6.07) is 0. The number of nitrogens with one attached hydrogen (secondary N) is 1. The third kappa shape index (κ3) is 1.15. The van der Waals surface area contributed by atoms with Crippen molar-refractivity contribution in [3.05, 3.63) is 31.3 Å². The van der Waals surface area contributed by atoms with E-state index >= 15 is 0 Å². The van der Waals surface area contributed by atoms with Crippen molar-refractivity contribution < 1.29 is 0 Å². The average Bonchev–Trinajstić information content (AvgIpc) is 3.05. The fourth-order valence-electron chi connectivity index (χ4n) is 3.28. The maximum Gasteiger partial charge on any atom is 0.332 e. The molecule has 2 aromatic rings. The Morgan fingerprint density at radius 2 is 1.89 bits per heavy atom. The van der Waals surface area contributed by atoms with Gasteiger partial charge in [-0.2, -0.15) is 0 Å². The van der Waals surface area contributed by atoms with E-state index in [1.807, 2.05) is 0 Å². The number of hydrogen-bond acceptors (Lipinski definition) is 3. The highest BCUT2D eigenvalue weighted by Crippen LogP contribution is 2.48. The standard InChI is InChI=1S/C12H14N4O3/c1-14-9(17)7-8-13-10(18)15(7)6-2-3-12(4-5-12)16(8)11(14)19/h2-6H2,1H3,(H,13,18). The molecule has 3 heterocycles. The zero-order valence-electron chi connectivity index (χ0n) is 10.6. The van der Waals surface area contributed by atoms with Crippen LogP contribution >= 0.6 is 0 Å². The van der Waals surface area contributed by atoms with Gasteiger partial charge in [0.2, 0.25) is 0 Å². The fourth-order valence-corrected chi connectivity index (χ4v) is 3.28. The first-order chi connectivity index (χ1) is 9.05. The molecule has 1 N–H and O–H groups in total. The molecule has 1 aliphatic heterocycles. The minimum atomic E-state index is -0.396. The summed E-state index contributed by atoms with van der Waals surface area (Å²) >= 11 is 0. The van der Waals surface area contributed by atoms with Gasteiger partial charge in [0, 0.05) is 13.6 Å². The van der Waals surface area contributed by atoms with Gasteiger partial charge in [0.1, 0.15) is 5.65 Å². The van der Waals surface area contributed by atoms with Crippen molar-refractivity contribution in [2.75, 3.05) is 0 Å². The number of fused-ring (bicyclic) bond motifs is 1. The summed E-state index contributed by atoms with van der Waals surface area (Å²) in [6.07, 6.45) is 3.56. The summed E-state index contributed by atoms with van der Waals surface area (Å²) in [5.74, 6) is 0. The normalized spacial score (nSPS) is 19.8. The molecule has 1 saturated carbocycles. The number of hydrogen-bond donors (Lipinski definition) is 1. The highest BCUT2D eigenvalue weighted by molar-refractivity contribution is 5.70. The van der Waals surface area contributed by atoms with Crippen molar-refractivity contribution in [3.63, 3.8) is 0 Å². The number of rotatable bonds is 0. The van der Waals surface area contributed by atoms with Crippen LogP contribution in [0.15, 0.2) is 14.4 Å². The molecular formula is C12H14N4O3. The molecule has 0 amide bonds. The van der Waals surface area contributed by atoms with E-state index in [9.17, 15) is 14.4 Å². The molecule has 2 aliphatic rings. The predicted octanol–water partition coefficient (Wildman–Crippen LogP) is -0.527. The Kier molecular flexibility index (Phi) is 1.76. The van der Waals surface area contributed by atoms with Gasteiger partial charge >= 0.3 is 11.4 Å². The molecule has 2 aromatic heterocycles. The van der Waals surface area contributed by atoms with E-state index in [2.05, 4.69) is 4.98 Å². The predicted molar refractivity (Wildman–Crippen MR) is 68.5 cm³/mol. The lowest BCUT2D eigenvalue weighted by atomic mass is 10.1. The first kappa shape index (κ1) is 10.8. The molecule has 0 aromatic carbocycles. The summed E-state index contributed by atoms with van der Waals surface area (Å²) in [6.45, 7) is 0.536. The summed E-state index contributed by atoms with van der Waals surface area (Å²) in [4.78, 5) is 39.3. The lowest BCUT2D eigenvalue weighted by molar-refractivity contribution is 0.394. The first-order valence-electron chi connectivity index (χ1n) is 6.50. The van der Waals surface area contributed by atoms with E-state index in [1.165, 1.54) is 11.6 Å². The average molecular weight is 262 g/mol. The minimum absolute atomic E-state index is 0.184. The summed E-state index contributed by atoms with van der Waals surface area (Å²) in [5, 5.41) is 0. The monoisotopic (exact) mass is 262 g/mol. The molecule has 7 nitrogen and oxygen atoms in total. The molecule has 1 spiro atoms. The number of aromatic nitrogens is 4. The van der Waals surface area contributed by atoms with Gasteiger partial charge in [-0.25, -0.2) is 9.59 Å². The topological polar surface area (TPSA) is 81.8 Å². The maximum atomic E-state index is 12.4. The molecule has 0 saturated heterocycles. The third-order valence-electron chi connectivity index (χ3n) is 4.50. The Balaban J connectivity index is 2.35. The molecule has 19 heavy (non-hydrogen) atoms. The smallest absolute Gasteiger partial charge is 0.291 e. The molecule has 4 rings (SSSR count). The zero-order valence-corrected chi connectivity index (χ0v) is 10.6. The van der Waals surface area contributed by atoms with Gasteiger partial charge in [-0.1, -0.05) is 0 Å². The van der Waals surface area contributed by atoms with E-state index in [1.54, 1.807) is 4.57 Å². The van der Waals surface area contributed by atoms with Crippen LogP contribution in [0.5, 0.6) is 0 Å². The third-order valence-corrected chi connectivity index (χ3v) is 4.50. The van der Waals surface area contributed by atoms with Crippen LogP contribution in [0.1, 0.15) is 25.7 Å². The molecule has 1 aliphatic carbocycles. The Morgan fingerprint density at radius 3 is 2.58 bits per heavy atom. The van der Waals surface area contributed by atoms with E-state index in [0.717, 1.165) is 30.3 Å². The second-order valence-corrected chi connectivity index (χ2v) is 5.59. The largest absolute Gasteiger partial charge is 0.332 e. The van der Waals surface area contributed by atoms with E-state index in [4.69, 9.17) is 0 Å². The van der Waals surface area contributed by atoms with Crippen LogP contribution in [0, 0.1) is 0 Å². The van der Waals surface area contributed by atoms with Crippen LogP contribution in [0.3, 0.4) is 0 Å². The van der Waals surface area contributed by atoms with E-state index in [-0.39, 0.29) is 16.9 Å². The van der Waals surface area contributed by atoms with Crippen LogP contribution in [-0.4, -0.2) is 18.7 Å².